The van der Waals surface area contributed by atoms with Crippen molar-refractivity contribution < 1.29 is 9.84 Å². The molecule has 0 bridgehead atoms. The van der Waals surface area contributed by atoms with E-state index < -0.39 is 6.10 Å². The fourth-order valence-corrected chi connectivity index (χ4v) is 2.40. The molecule has 2 nitrogen and oxygen atoms in total. The van der Waals surface area contributed by atoms with Crippen molar-refractivity contribution in [1.29, 1.82) is 0 Å². The molecule has 1 aliphatic heterocycles. The van der Waals surface area contributed by atoms with Crippen LogP contribution in [0.4, 0.5) is 0 Å². The molecule has 1 aliphatic rings. The van der Waals surface area contributed by atoms with E-state index in [-0.39, 0.29) is 6.10 Å². The molecule has 2 unspecified atom stereocenters. The molecule has 0 spiro atoms. The molecule has 0 saturated carbocycles. The normalized spacial score (nSPS) is 21.4. The SMILES string of the molecule is CC1Oc2ccc(Cc3ccccc3)cc2C1O. The number of aliphatic hydroxyl groups is 1. The van der Waals surface area contributed by atoms with Crippen molar-refractivity contribution in [2.45, 2.75) is 25.6 Å². The summed E-state index contributed by atoms with van der Waals surface area (Å²) in [7, 11) is 0. The van der Waals surface area contributed by atoms with E-state index in [2.05, 4.69) is 24.3 Å². The van der Waals surface area contributed by atoms with Gasteiger partial charge in [-0.1, -0.05) is 36.4 Å². The highest BCUT2D eigenvalue weighted by molar-refractivity contribution is 5.43. The summed E-state index contributed by atoms with van der Waals surface area (Å²) in [6.45, 7) is 1.89. The second-order valence-corrected chi connectivity index (χ2v) is 4.80. The Morgan fingerprint density at radius 2 is 1.83 bits per heavy atom. The van der Waals surface area contributed by atoms with Crippen LogP contribution in [-0.4, -0.2) is 11.2 Å². The molecule has 2 aromatic rings. The summed E-state index contributed by atoms with van der Waals surface area (Å²) < 4.78 is 5.57. The maximum Gasteiger partial charge on any atom is 0.126 e. The van der Waals surface area contributed by atoms with Gasteiger partial charge >= 0.3 is 0 Å². The third-order valence-corrected chi connectivity index (χ3v) is 3.40. The molecule has 0 aromatic heterocycles. The average Bonchev–Trinajstić information content (AvgIpc) is 2.67. The molecule has 2 aromatic carbocycles. The zero-order chi connectivity index (χ0) is 12.5. The quantitative estimate of drug-likeness (QED) is 0.874. The molecular formula is C16H16O2. The Morgan fingerprint density at radius 1 is 1.06 bits per heavy atom. The van der Waals surface area contributed by atoms with Gasteiger partial charge in [-0.2, -0.15) is 0 Å². The molecule has 0 amide bonds. The predicted molar refractivity (Wildman–Crippen MR) is 70.7 cm³/mol. The second kappa shape index (κ2) is 4.46. The molecular weight excluding hydrogens is 224 g/mol. The number of hydrogen-bond donors (Lipinski definition) is 1. The zero-order valence-corrected chi connectivity index (χ0v) is 10.3. The Labute approximate surface area is 107 Å². The second-order valence-electron chi connectivity index (χ2n) is 4.80. The lowest BCUT2D eigenvalue weighted by Gasteiger charge is -2.07. The largest absolute Gasteiger partial charge is 0.487 e. The number of ether oxygens (including phenoxy) is 1. The Hall–Kier alpha value is -1.80. The highest BCUT2D eigenvalue weighted by Crippen LogP contribution is 2.37. The van der Waals surface area contributed by atoms with E-state index in [0.717, 1.165) is 17.7 Å². The predicted octanol–water partition coefficient (Wildman–Crippen LogP) is 3.09. The van der Waals surface area contributed by atoms with E-state index in [0.29, 0.717) is 0 Å². The maximum atomic E-state index is 10.0. The van der Waals surface area contributed by atoms with Gasteiger partial charge in [0.05, 0.1) is 0 Å². The van der Waals surface area contributed by atoms with Gasteiger partial charge in [0.25, 0.3) is 0 Å². The van der Waals surface area contributed by atoms with Crippen LogP contribution in [0.25, 0.3) is 0 Å². The lowest BCUT2D eigenvalue weighted by Crippen LogP contribution is -2.12. The Bertz CT molecular complexity index is 548. The number of aliphatic hydroxyl groups excluding tert-OH is 1. The Balaban J connectivity index is 1.88. The summed E-state index contributed by atoms with van der Waals surface area (Å²) in [6.07, 6.45) is 0.234. The molecule has 0 fully saturated rings. The van der Waals surface area contributed by atoms with Crippen molar-refractivity contribution in [3.8, 4) is 5.75 Å². The zero-order valence-electron chi connectivity index (χ0n) is 10.3. The Kier molecular flexibility index (Phi) is 2.80. The topological polar surface area (TPSA) is 29.5 Å². The van der Waals surface area contributed by atoms with Gasteiger partial charge in [-0.15, -0.1) is 0 Å². The van der Waals surface area contributed by atoms with Crippen LogP contribution in [0.5, 0.6) is 5.75 Å². The first-order valence-electron chi connectivity index (χ1n) is 6.25. The highest BCUT2D eigenvalue weighted by atomic mass is 16.5. The van der Waals surface area contributed by atoms with Crippen molar-refractivity contribution in [2.75, 3.05) is 0 Å². The van der Waals surface area contributed by atoms with Crippen LogP contribution in [0, 0.1) is 0 Å². The fourth-order valence-electron chi connectivity index (χ4n) is 2.40. The van der Waals surface area contributed by atoms with Crippen LogP contribution in [0.2, 0.25) is 0 Å². The molecule has 2 heteroatoms. The van der Waals surface area contributed by atoms with Crippen LogP contribution in [-0.2, 0) is 6.42 Å². The van der Waals surface area contributed by atoms with Gasteiger partial charge in [0.2, 0.25) is 0 Å². The van der Waals surface area contributed by atoms with Crippen molar-refractivity contribution in [3.05, 3.63) is 65.2 Å². The van der Waals surface area contributed by atoms with Gasteiger partial charge < -0.3 is 9.84 Å². The van der Waals surface area contributed by atoms with E-state index in [9.17, 15) is 5.11 Å². The molecule has 0 aliphatic carbocycles. The van der Waals surface area contributed by atoms with E-state index in [1.165, 1.54) is 11.1 Å². The summed E-state index contributed by atoms with van der Waals surface area (Å²) in [5.74, 6) is 0.812. The first kappa shape index (κ1) is 11.3. The third-order valence-electron chi connectivity index (χ3n) is 3.40. The molecule has 0 saturated heterocycles. The summed E-state index contributed by atoms with van der Waals surface area (Å²) in [6, 6.07) is 16.4. The molecule has 18 heavy (non-hydrogen) atoms. The number of benzene rings is 2. The molecule has 92 valence electrons. The van der Waals surface area contributed by atoms with Crippen molar-refractivity contribution in [3.63, 3.8) is 0 Å². The van der Waals surface area contributed by atoms with Gasteiger partial charge in [-0.3, -0.25) is 0 Å². The maximum absolute atomic E-state index is 10.0. The first-order valence-corrected chi connectivity index (χ1v) is 6.25. The average molecular weight is 240 g/mol. The summed E-state index contributed by atoms with van der Waals surface area (Å²) in [5, 5.41) is 10.0. The van der Waals surface area contributed by atoms with Crippen molar-refractivity contribution in [1.82, 2.24) is 0 Å². The summed E-state index contributed by atoms with van der Waals surface area (Å²) in [4.78, 5) is 0. The molecule has 0 radical (unpaired) electrons. The van der Waals surface area contributed by atoms with Gasteiger partial charge in [0.1, 0.15) is 18.0 Å². The smallest absolute Gasteiger partial charge is 0.126 e. The standard InChI is InChI=1S/C16H16O2/c1-11-16(17)14-10-13(7-8-15(14)18-11)9-12-5-3-2-4-6-12/h2-8,10-11,16-17H,9H2,1H3. The van der Waals surface area contributed by atoms with Crippen LogP contribution in [0.1, 0.15) is 29.7 Å². The highest BCUT2D eigenvalue weighted by Gasteiger charge is 2.29. The Morgan fingerprint density at radius 3 is 2.61 bits per heavy atom. The van der Waals surface area contributed by atoms with E-state index in [4.69, 9.17) is 4.74 Å². The summed E-state index contributed by atoms with van der Waals surface area (Å²) >= 11 is 0. The minimum Gasteiger partial charge on any atom is -0.487 e. The van der Waals surface area contributed by atoms with E-state index >= 15 is 0 Å². The number of fused-ring (bicyclic) bond motifs is 1. The van der Waals surface area contributed by atoms with Gasteiger partial charge in [-0.25, -0.2) is 0 Å². The lowest BCUT2D eigenvalue weighted by atomic mass is 10.00. The minimum atomic E-state index is -0.504. The molecule has 3 rings (SSSR count). The lowest BCUT2D eigenvalue weighted by molar-refractivity contribution is 0.0796. The van der Waals surface area contributed by atoms with Crippen LogP contribution < -0.4 is 4.74 Å². The summed E-state index contributed by atoms with van der Waals surface area (Å²) in [5.41, 5.74) is 3.39. The molecule has 1 N–H and O–H groups in total. The van der Waals surface area contributed by atoms with Crippen molar-refractivity contribution >= 4 is 0 Å². The van der Waals surface area contributed by atoms with Crippen LogP contribution in [0.3, 0.4) is 0 Å². The van der Waals surface area contributed by atoms with Gasteiger partial charge in [-0.05, 0) is 36.6 Å². The van der Waals surface area contributed by atoms with E-state index in [1.54, 1.807) is 0 Å². The number of rotatable bonds is 2. The monoisotopic (exact) mass is 240 g/mol. The third kappa shape index (κ3) is 2.00. The van der Waals surface area contributed by atoms with Crippen molar-refractivity contribution in [2.24, 2.45) is 0 Å². The van der Waals surface area contributed by atoms with Crippen LogP contribution in [0.15, 0.2) is 48.5 Å². The van der Waals surface area contributed by atoms with Gasteiger partial charge in [0.15, 0.2) is 0 Å². The minimum absolute atomic E-state index is 0.146. The molecule has 2 atom stereocenters. The first-order chi connectivity index (χ1) is 8.74. The van der Waals surface area contributed by atoms with Gasteiger partial charge in [0, 0.05) is 5.56 Å². The van der Waals surface area contributed by atoms with E-state index in [1.807, 2.05) is 31.2 Å². The molecule has 1 heterocycles. The fraction of sp³-hybridized carbons (Fsp3) is 0.250. The van der Waals surface area contributed by atoms with Crippen LogP contribution >= 0.6 is 0 Å². The number of hydrogen-bond acceptors (Lipinski definition) is 2.